The van der Waals surface area contributed by atoms with Crippen LogP contribution in [0.2, 0.25) is 0 Å². The summed E-state index contributed by atoms with van der Waals surface area (Å²) in [6, 6.07) is 40.9. The van der Waals surface area contributed by atoms with Gasteiger partial charge in [-0.15, -0.1) is 0 Å². The van der Waals surface area contributed by atoms with E-state index in [-0.39, 0.29) is 11.6 Å². The lowest BCUT2D eigenvalue weighted by Gasteiger charge is -2.27. The molecule has 5 aromatic carbocycles. The molecule has 0 saturated carbocycles. The molecule has 248 valence electrons. The molecule has 2 N–H and O–H groups in total. The highest BCUT2D eigenvalue weighted by Gasteiger charge is 2.15. The third-order valence-electron chi connectivity index (χ3n) is 8.67. The summed E-state index contributed by atoms with van der Waals surface area (Å²) < 4.78 is 26.8. The molecule has 0 amide bonds. The molecule has 0 atom stereocenters. The Bertz CT molecular complexity index is 2090. The molecule has 7 aromatic rings. The highest BCUT2D eigenvalue weighted by Crippen LogP contribution is 2.25. The lowest BCUT2D eigenvalue weighted by atomic mass is 10.00. The van der Waals surface area contributed by atoms with E-state index >= 15 is 0 Å². The van der Waals surface area contributed by atoms with Crippen LogP contribution in [0.4, 0.5) is 8.78 Å². The molecule has 1 aliphatic heterocycles. The van der Waals surface area contributed by atoms with Crippen molar-refractivity contribution in [3.8, 4) is 0 Å². The van der Waals surface area contributed by atoms with Crippen molar-refractivity contribution < 1.29 is 8.78 Å². The molecule has 0 bridgehead atoms. The Kier molecular flexibility index (Phi) is 11.9. The van der Waals surface area contributed by atoms with E-state index in [4.69, 9.17) is 0 Å². The van der Waals surface area contributed by atoms with Gasteiger partial charge in [0.25, 0.3) is 0 Å². The molecule has 6 heteroatoms. The average Bonchev–Trinajstić information content (AvgIpc) is 3.73. The van der Waals surface area contributed by atoms with Crippen LogP contribution in [0, 0.1) is 11.6 Å². The lowest BCUT2D eigenvalue weighted by molar-refractivity contribution is 0.280. The molecule has 3 nitrogen and oxygen atoms in total. The summed E-state index contributed by atoms with van der Waals surface area (Å²) in [6.45, 7) is 3.07. The van der Waals surface area contributed by atoms with Gasteiger partial charge < -0.3 is 9.97 Å². The second-order valence-electron chi connectivity index (χ2n) is 12.3. The molecule has 3 heterocycles. The molecule has 0 aliphatic carbocycles. The number of hydrogen-bond donors (Lipinski definition) is 2. The summed E-state index contributed by atoms with van der Waals surface area (Å²) in [6.07, 6.45) is 9.11. The maximum absolute atomic E-state index is 13.5. The minimum Gasteiger partial charge on any atom is -0.361 e. The predicted molar refractivity (Wildman–Crippen MR) is 203 cm³/mol. The summed E-state index contributed by atoms with van der Waals surface area (Å²) >= 11 is 3.36. The minimum absolute atomic E-state index is 0.174. The number of halogens is 3. The number of nitrogens with zero attached hydrogens (tertiary/aromatic N) is 1. The van der Waals surface area contributed by atoms with E-state index in [1.807, 2.05) is 54.9 Å². The first kappa shape index (κ1) is 34.1. The fourth-order valence-electron chi connectivity index (χ4n) is 6.21. The van der Waals surface area contributed by atoms with E-state index in [1.165, 1.54) is 40.0 Å². The SMILES string of the molecule is BrCc1ccccc1.Fc1ccc2[nH]cc(CC3=CCCN(Cc4ccccc4)C3)c2c1.Fc1ccc2[nH]cc(Cc3ccccc3)c2c1. The van der Waals surface area contributed by atoms with E-state index < -0.39 is 0 Å². The van der Waals surface area contributed by atoms with E-state index in [0.29, 0.717) is 0 Å². The van der Waals surface area contributed by atoms with Crippen molar-refractivity contribution in [3.63, 3.8) is 0 Å². The number of H-pyrrole nitrogens is 2. The largest absolute Gasteiger partial charge is 0.361 e. The molecule has 0 spiro atoms. The van der Waals surface area contributed by atoms with Gasteiger partial charge in [-0.3, -0.25) is 4.90 Å². The third-order valence-corrected chi connectivity index (χ3v) is 9.31. The first-order valence-electron chi connectivity index (χ1n) is 16.6. The smallest absolute Gasteiger partial charge is 0.123 e. The highest BCUT2D eigenvalue weighted by molar-refractivity contribution is 9.08. The van der Waals surface area contributed by atoms with Gasteiger partial charge in [0.15, 0.2) is 0 Å². The van der Waals surface area contributed by atoms with Crippen LogP contribution in [-0.4, -0.2) is 28.0 Å². The number of fused-ring (bicyclic) bond motifs is 2. The van der Waals surface area contributed by atoms with Crippen LogP contribution in [0.3, 0.4) is 0 Å². The zero-order valence-corrected chi connectivity index (χ0v) is 29.0. The molecular weight excluding hydrogens is 676 g/mol. The van der Waals surface area contributed by atoms with Gasteiger partial charge in [-0.05, 0) is 83.5 Å². The van der Waals surface area contributed by atoms with E-state index in [2.05, 4.69) is 91.5 Å². The Morgan fingerprint density at radius 3 is 1.63 bits per heavy atom. The summed E-state index contributed by atoms with van der Waals surface area (Å²) in [5.74, 6) is -0.363. The highest BCUT2D eigenvalue weighted by atomic mass is 79.9. The van der Waals surface area contributed by atoms with Crippen LogP contribution in [0.15, 0.2) is 151 Å². The van der Waals surface area contributed by atoms with Crippen molar-refractivity contribution in [1.29, 1.82) is 0 Å². The van der Waals surface area contributed by atoms with Crippen LogP contribution in [-0.2, 0) is 24.7 Å². The van der Waals surface area contributed by atoms with E-state index in [9.17, 15) is 8.78 Å². The molecule has 0 unspecified atom stereocenters. The molecule has 2 aromatic heterocycles. The molecular formula is C43H40BrF2N3. The topological polar surface area (TPSA) is 34.8 Å². The average molecular weight is 717 g/mol. The van der Waals surface area contributed by atoms with Crippen molar-refractivity contribution in [2.75, 3.05) is 13.1 Å². The van der Waals surface area contributed by atoms with Crippen molar-refractivity contribution in [3.05, 3.63) is 191 Å². The fourth-order valence-corrected chi connectivity index (χ4v) is 6.58. The molecule has 0 saturated heterocycles. The summed E-state index contributed by atoms with van der Waals surface area (Å²) in [4.78, 5) is 8.90. The minimum atomic E-state index is -0.189. The molecule has 8 rings (SSSR count). The first-order valence-corrected chi connectivity index (χ1v) is 17.7. The van der Waals surface area contributed by atoms with Crippen molar-refractivity contribution in [1.82, 2.24) is 14.9 Å². The van der Waals surface area contributed by atoms with Crippen LogP contribution < -0.4 is 0 Å². The summed E-state index contributed by atoms with van der Waals surface area (Å²) in [5, 5.41) is 2.92. The third kappa shape index (κ3) is 9.65. The van der Waals surface area contributed by atoms with Gasteiger partial charge in [0, 0.05) is 59.2 Å². The zero-order valence-electron chi connectivity index (χ0n) is 27.4. The molecule has 1 aliphatic rings. The summed E-state index contributed by atoms with van der Waals surface area (Å²) in [7, 11) is 0. The van der Waals surface area contributed by atoms with Gasteiger partial charge in [-0.25, -0.2) is 8.78 Å². The van der Waals surface area contributed by atoms with Gasteiger partial charge in [-0.2, -0.15) is 0 Å². The van der Waals surface area contributed by atoms with Crippen molar-refractivity contribution in [2.45, 2.75) is 31.1 Å². The monoisotopic (exact) mass is 715 g/mol. The Morgan fingerprint density at radius 2 is 1.10 bits per heavy atom. The molecule has 0 fully saturated rings. The second-order valence-corrected chi connectivity index (χ2v) is 12.9. The van der Waals surface area contributed by atoms with E-state index in [0.717, 1.165) is 71.6 Å². The molecule has 0 radical (unpaired) electrons. The predicted octanol–water partition coefficient (Wildman–Crippen LogP) is 11.2. The lowest BCUT2D eigenvalue weighted by Crippen LogP contribution is -2.30. The zero-order chi connectivity index (χ0) is 33.8. The van der Waals surface area contributed by atoms with Gasteiger partial charge in [0.05, 0.1) is 0 Å². The Morgan fingerprint density at radius 1 is 0.592 bits per heavy atom. The number of aromatic amines is 2. The van der Waals surface area contributed by atoms with Crippen molar-refractivity contribution >= 4 is 37.7 Å². The fraction of sp³-hybridized carbons (Fsp3) is 0.163. The summed E-state index contributed by atoms with van der Waals surface area (Å²) in [5.41, 5.74) is 9.63. The maximum atomic E-state index is 13.5. The van der Waals surface area contributed by atoms with Crippen LogP contribution >= 0.6 is 15.9 Å². The van der Waals surface area contributed by atoms with Crippen molar-refractivity contribution in [2.24, 2.45) is 0 Å². The van der Waals surface area contributed by atoms with Crippen LogP contribution in [0.1, 0.15) is 34.2 Å². The number of alkyl halides is 1. The van der Waals surface area contributed by atoms with Gasteiger partial charge in [-0.1, -0.05) is 119 Å². The number of hydrogen-bond acceptors (Lipinski definition) is 1. The number of rotatable bonds is 7. The Hall–Kier alpha value is -4.78. The van der Waals surface area contributed by atoms with Gasteiger partial charge in [0.1, 0.15) is 11.6 Å². The normalized spacial score (nSPS) is 12.9. The molecule has 49 heavy (non-hydrogen) atoms. The van der Waals surface area contributed by atoms with E-state index in [1.54, 1.807) is 18.2 Å². The first-order chi connectivity index (χ1) is 24.0. The maximum Gasteiger partial charge on any atom is 0.123 e. The van der Waals surface area contributed by atoms with Crippen LogP contribution in [0.5, 0.6) is 0 Å². The Labute approximate surface area is 295 Å². The van der Waals surface area contributed by atoms with Gasteiger partial charge >= 0.3 is 0 Å². The second kappa shape index (κ2) is 17.0. The van der Waals surface area contributed by atoms with Gasteiger partial charge in [0.2, 0.25) is 0 Å². The standard InChI is InChI=1S/C21H21FN2.C15H12FN.C7H7Br/c22-19-8-9-21-20(12-19)18(13-23-21)11-17-7-4-10-24(15-17)14-16-5-2-1-3-6-16;16-13-6-7-15-14(9-13)12(10-17-15)8-11-4-2-1-3-5-11;8-6-7-4-2-1-3-5-7/h1-3,5-9,12-13,23H,4,10-11,14-15H2;1-7,9-10,17H,8H2;1-5H,6H2. The number of benzene rings is 5. The number of nitrogens with one attached hydrogen (secondary N) is 2. The number of aromatic nitrogens is 2. The Balaban J connectivity index is 0.000000144. The van der Waals surface area contributed by atoms with Crippen LogP contribution in [0.25, 0.3) is 21.8 Å². The quantitative estimate of drug-likeness (QED) is 0.125.